The zero-order valence-corrected chi connectivity index (χ0v) is 18.9. The third kappa shape index (κ3) is 6.54. The Hall–Kier alpha value is -3.53. The van der Waals surface area contributed by atoms with Gasteiger partial charge >= 0.3 is 12.4 Å². The Balaban J connectivity index is 2.07. The zero-order valence-electron chi connectivity index (χ0n) is 18.9. The van der Waals surface area contributed by atoms with Crippen molar-refractivity contribution in [3.8, 4) is 0 Å². The van der Waals surface area contributed by atoms with Crippen LogP contribution in [0.15, 0.2) is 76.9 Å². The Morgan fingerprint density at radius 2 is 1.57 bits per heavy atom. The van der Waals surface area contributed by atoms with E-state index in [2.05, 4.69) is 15.7 Å². The zero-order chi connectivity index (χ0) is 25.9. The quantitative estimate of drug-likeness (QED) is 0.271. The summed E-state index contributed by atoms with van der Waals surface area (Å²) in [7, 11) is 0. The highest BCUT2D eigenvalue weighted by Crippen LogP contribution is 2.34. The van der Waals surface area contributed by atoms with Gasteiger partial charge in [0.05, 0.1) is 17.7 Å². The second-order valence-electron chi connectivity index (χ2n) is 8.52. The van der Waals surface area contributed by atoms with Crippen molar-refractivity contribution in [3.05, 3.63) is 94.2 Å². The monoisotopic (exact) mass is 494 g/mol. The molecular weight excluding hydrogens is 470 g/mol. The van der Waals surface area contributed by atoms with E-state index in [0.29, 0.717) is 23.4 Å². The molecule has 1 aliphatic rings. The molecule has 0 aliphatic carbocycles. The highest BCUT2D eigenvalue weighted by atomic mass is 19.4. The molecule has 0 atom stereocenters. The predicted molar refractivity (Wildman–Crippen MR) is 125 cm³/mol. The number of hydrazine groups is 1. The molecule has 0 fully saturated rings. The molecule has 4 N–H and O–H groups in total. The Morgan fingerprint density at radius 1 is 0.943 bits per heavy atom. The number of halogens is 6. The van der Waals surface area contributed by atoms with Crippen molar-refractivity contribution in [2.45, 2.75) is 26.2 Å². The molecule has 0 amide bonds. The van der Waals surface area contributed by atoms with E-state index < -0.39 is 28.9 Å². The van der Waals surface area contributed by atoms with Gasteiger partial charge in [-0.3, -0.25) is 10.4 Å². The van der Waals surface area contributed by atoms with Crippen molar-refractivity contribution < 1.29 is 26.3 Å². The molecule has 186 valence electrons. The lowest BCUT2D eigenvalue weighted by Crippen LogP contribution is -2.48. The number of rotatable bonds is 4. The molecule has 4 nitrogen and oxygen atoms in total. The van der Waals surface area contributed by atoms with Crippen LogP contribution in [0.2, 0.25) is 0 Å². The molecule has 35 heavy (non-hydrogen) atoms. The minimum atomic E-state index is -4.53. The minimum absolute atomic E-state index is 0.0273. The van der Waals surface area contributed by atoms with E-state index >= 15 is 0 Å². The lowest BCUT2D eigenvalue weighted by molar-refractivity contribution is -0.138. The topological polar surface area (TPSA) is 62.4 Å². The predicted octanol–water partition coefficient (Wildman–Crippen LogP) is 6.15. The average molecular weight is 494 g/mol. The molecule has 3 rings (SSSR count). The van der Waals surface area contributed by atoms with Gasteiger partial charge in [0.2, 0.25) is 5.96 Å². The first kappa shape index (κ1) is 26.1. The summed E-state index contributed by atoms with van der Waals surface area (Å²) in [6, 6.07) is 9.74. The summed E-state index contributed by atoms with van der Waals surface area (Å²) in [6.07, 6.45) is -2.91. The number of hydrogen-bond donors (Lipinski definition) is 3. The molecular formula is C25H24F6N4. The van der Waals surface area contributed by atoms with Gasteiger partial charge in [0, 0.05) is 11.1 Å². The molecule has 0 saturated carbocycles. The number of guanidine groups is 1. The van der Waals surface area contributed by atoms with Crippen LogP contribution in [0.3, 0.4) is 0 Å². The fourth-order valence-electron chi connectivity index (χ4n) is 3.50. The molecule has 0 spiro atoms. The van der Waals surface area contributed by atoms with Gasteiger partial charge < -0.3 is 5.32 Å². The second-order valence-corrected chi connectivity index (χ2v) is 8.52. The van der Waals surface area contributed by atoms with Gasteiger partial charge in [0.15, 0.2) is 0 Å². The number of nitrogens with one attached hydrogen (secondary N) is 2. The molecule has 0 radical (unpaired) electrons. The van der Waals surface area contributed by atoms with Gasteiger partial charge in [0.1, 0.15) is 0 Å². The number of hydrogen-bond acceptors (Lipinski definition) is 4. The van der Waals surface area contributed by atoms with Gasteiger partial charge in [-0.05, 0) is 34.9 Å². The number of aliphatic imine (C=N–C) groups is 1. The molecule has 0 aromatic heterocycles. The van der Waals surface area contributed by atoms with Gasteiger partial charge in [-0.1, -0.05) is 68.5 Å². The maximum atomic E-state index is 13.4. The average Bonchev–Trinajstić information content (AvgIpc) is 2.79. The Kier molecular flexibility index (Phi) is 7.44. The Bertz CT molecular complexity index is 1170. The van der Waals surface area contributed by atoms with Crippen LogP contribution in [0.4, 0.5) is 26.3 Å². The SMILES string of the molecule is CC1(C)CN=C(NN)NC1=C(C=Cc1ccc(C(F)(F)F)cc1)C=Cc1ccccc1C(F)(F)F. The number of alkyl halides is 6. The van der Waals surface area contributed by atoms with E-state index in [0.717, 1.165) is 18.2 Å². The van der Waals surface area contributed by atoms with Crippen molar-refractivity contribution in [3.63, 3.8) is 0 Å². The summed E-state index contributed by atoms with van der Waals surface area (Å²) in [6.45, 7) is 4.14. The number of benzene rings is 2. The molecule has 2 aromatic carbocycles. The first-order valence-electron chi connectivity index (χ1n) is 10.5. The van der Waals surface area contributed by atoms with Crippen LogP contribution in [-0.2, 0) is 12.4 Å². The first-order valence-corrected chi connectivity index (χ1v) is 10.5. The van der Waals surface area contributed by atoms with Crippen molar-refractivity contribution in [2.75, 3.05) is 6.54 Å². The van der Waals surface area contributed by atoms with Crippen LogP contribution < -0.4 is 16.6 Å². The summed E-state index contributed by atoms with van der Waals surface area (Å²) in [5, 5.41) is 3.06. The highest BCUT2D eigenvalue weighted by Gasteiger charge is 2.33. The van der Waals surface area contributed by atoms with Gasteiger partial charge in [0.25, 0.3) is 0 Å². The molecule has 1 heterocycles. The van der Waals surface area contributed by atoms with Crippen LogP contribution in [0.25, 0.3) is 12.2 Å². The van der Waals surface area contributed by atoms with E-state index in [1.54, 1.807) is 12.2 Å². The van der Waals surface area contributed by atoms with E-state index in [1.807, 2.05) is 13.8 Å². The smallest absolute Gasteiger partial charge is 0.328 e. The molecule has 0 saturated heterocycles. The molecule has 1 aliphatic heterocycles. The normalized spacial score (nSPS) is 17.9. The Morgan fingerprint density at radius 3 is 2.17 bits per heavy atom. The maximum Gasteiger partial charge on any atom is 0.416 e. The molecule has 0 bridgehead atoms. The van der Waals surface area contributed by atoms with Crippen LogP contribution >= 0.6 is 0 Å². The van der Waals surface area contributed by atoms with Crippen LogP contribution in [0.1, 0.15) is 36.1 Å². The van der Waals surface area contributed by atoms with Gasteiger partial charge in [-0.15, -0.1) is 0 Å². The summed E-state index contributed by atoms with van der Waals surface area (Å²) >= 11 is 0. The summed E-state index contributed by atoms with van der Waals surface area (Å²) in [5.74, 6) is 5.76. The lowest BCUT2D eigenvalue weighted by Gasteiger charge is -2.33. The maximum absolute atomic E-state index is 13.4. The highest BCUT2D eigenvalue weighted by molar-refractivity contribution is 5.83. The third-order valence-corrected chi connectivity index (χ3v) is 5.38. The summed E-state index contributed by atoms with van der Waals surface area (Å²) < 4.78 is 78.9. The first-order chi connectivity index (χ1) is 16.3. The van der Waals surface area contributed by atoms with Crippen molar-refractivity contribution in [2.24, 2.45) is 16.3 Å². The summed E-state index contributed by atoms with van der Waals surface area (Å²) in [5.41, 5.74) is 1.93. The standard InChI is InChI=1S/C25H24F6N4/c1-23(2)15-33-22(35-32)34-21(23)18(10-7-16-8-13-19(14-9-16)24(26,27)28)12-11-17-5-3-4-6-20(17)25(29,30)31/h3-14H,15,32H2,1-2H3,(H2,33,34,35). The van der Waals surface area contributed by atoms with E-state index in [9.17, 15) is 26.3 Å². The minimum Gasteiger partial charge on any atom is -0.328 e. The van der Waals surface area contributed by atoms with Crippen LogP contribution in [0.5, 0.6) is 0 Å². The largest absolute Gasteiger partial charge is 0.416 e. The van der Waals surface area contributed by atoms with E-state index in [-0.39, 0.29) is 11.5 Å². The number of nitrogens with zero attached hydrogens (tertiary/aromatic N) is 1. The fraction of sp³-hybridized carbons (Fsp3) is 0.240. The van der Waals surface area contributed by atoms with E-state index in [4.69, 9.17) is 5.84 Å². The van der Waals surface area contributed by atoms with E-state index in [1.165, 1.54) is 42.5 Å². The van der Waals surface area contributed by atoms with Gasteiger partial charge in [-0.2, -0.15) is 26.3 Å². The summed E-state index contributed by atoms with van der Waals surface area (Å²) in [4.78, 5) is 4.28. The lowest BCUT2D eigenvalue weighted by atomic mass is 9.84. The van der Waals surface area contributed by atoms with Crippen LogP contribution in [-0.4, -0.2) is 12.5 Å². The fourth-order valence-corrected chi connectivity index (χ4v) is 3.50. The molecule has 0 unspecified atom stereocenters. The third-order valence-electron chi connectivity index (χ3n) is 5.38. The van der Waals surface area contributed by atoms with Crippen molar-refractivity contribution in [1.29, 1.82) is 0 Å². The van der Waals surface area contributed by atoms with Gasteiger partial charge in [-0.25, -0.2) is 5.84 Å². The number of allylic oxidation sites excluding steroid dienone is 3. The molecule has 10 heteroatoms. The van der Waals surface area contributed by atoms with Crippen LogP contribution in [0, 0.1) is 5.41 Å². The molecule has 2 aromatic rings. The Labute approximate surface area is 198 Å². The van der Waals surface area contributed by atoms with Crippen molar-refractivity contribution in [1.82, 2.24) is 10.7 Å². The van der Waals surface area contributed by atoms with Crippen molar-refractivity contribution >= 4 is 18.1 Å². The second kappa shape index (κ2) is 9.99. The number of nitrogens with two attached hydrogens (primary N) is 1.